The average Bonchev–Trinajstić information content (AvgIpc) is 2.89. The van der Waals surface area contributed by atoms with Crippen LogP contribution in [-0.4, -0.2) is 49.5 Å². The first kappa shape index (κ1) is 14.6. The van der Waals surface area contributed by atoms with Crippen LogP contribution in [0.3, 0.4) is 0 Å². The lowest BCUT2D eigenvalue weighted by Crippen LogP contribution is -2.40. The molecule has 0 aromatic rings. The third kappa shape index (κ3) is 5.08. The maximum Gasteiger partial charge on any atom is 0.0809 e. The van der Waals surface area contributed by atoms with E-state index in [0.29, 0.717) is 12.1 Å². The van der Waals surface area contributed by atoms with Crippen molar-refractivity contribution in [1.82, 2.24) is 5.32 Å². The van der Waals surface area contributed by atoms with Crippen molar-refractivity contribution >= 4 is 11.8 Å². The summed E-state index contributed by atoms with van der Waals surface area (Å²) in [5.74, 6) is 1.34. The van der Waals surface area contributed by atoms with Gasteiger partial charge in [-0.25, -0.2) is 0 Å². The highest BCUT2D eigenvalue weighted by molar-refractivity contribution is 7.99. The van der Waals surface area contributed by atoms with Crippen LogP contribution in [0.2, 0.25) is 0 Å². The highest BCUT2D eigenvalue weighted by Crippen LogP contribution is 2.24. The molecule has 2 aliphatic rings. The van der Waals surface area contributed by atoms with Gasteiger partial charge in [0.05, 0.1) is 12.7 Å². The molecule has 3 atom stereocenters. The summed E-state index contributed by atoms with van der Waals surface area (Å²) in [7, 11) is 0. The second-order valence-electron chi connectivity index (χ2n) is 5.34. The number of nitrogens with one attached hydrogen (secondary N) is 1. The Bertz CT molecular complexity index is 222. The van der Waals surface area contributed by atoms with Gasteiger partial charge in [-0.1, -0.05) is 6.92 Å². The zero-order chi connectivity index (χ0) is 12.6. The summed E-state index contributed by atoms with van der Waals surface area (Å²) in [6, 6.07) is 0.710. The van der Waals surface area contributed by atoms with Crippen molar-refractivity contribution in [2.24, 2.45) is 0 Å². The van der Waals surface area contributed by atoms with E-state index in [1.165, 1.54) is 31.4 Å². The molecule has 2 aliphatic heterocycles. The predicted molar refractivity (Wildman–Crippen MR) is 77.4 cm³/mol. The number of hydrogen-bond acceptors (Lipinski definition) is 4. The van der Waals surface area contributed by atoms with Gasteiger partial charge in [0.2, 0.25) is 0 Å². The third-order valence-corrected chi connectivity index (χ3v) is 5.19. The quantitative estimate of drug-likeness (QED) is 0.722. The molecule has 2 heterocycles. The van der Waals surface area contributed by atoms with Gasteiger partial charge in [0, 0.05) is 24.5 Å². The molecule has 0 bridgehead atoms. The average molecular weight is 273 g/mol. The summed E-state index contributed by atoms with van der Waals surface area (Å²) in [6.45, 7) is 6.00. The Morgan fingerprint density at radius 3 is 3.06 bits per heavy atom. The van der Waals surface area contributed by atoms with E-state index in [1.54, 1.807) is 0 Å². The van der Waals surface area contributed by atoms with Gasteiger partial charge in [-0.2, -0.15) is 11.8 Å². The molecule has 0 aromatic heterocycles. The van der Waals surface area contributed by atoms with Crippen LogP contribution in [0.15, 0.2) is 0 Å². The topological polar surface area (TPSA) is 30.5 Å². The second-order valence-corrected chi connectivity index (χ2v) is 6.83. The fourth-order valence-electron chi connectivity index (χ4n) is 2.64. The predicted octanol–water partition coefficient (Wildman–Crippen LogP) is 2.45. The van der Waals surface area contributed by atoms with E-state index in [2.05, 4.69) is 24.0 Å². The largest absolute Gasteiger partial charge is 0.379 e. The molecule has 2 saturated heterocycles. The minimum absolute atomic E-state index is 0.368. The zero-order valence-electron chi connectivity index (χ0n) is 11.5. The van der Waals surface area contributed by atoms with Crippen molar-refractivity contribution < 1.29 is 9.47 Å². The monoisotopic (exact) mass is 273 g/mol. The van der Waals surface area contributed by atoms with Crippen LogP contribution in [-0.2, 0) is 9.47 Å². The molecule has 2 fully saturated rings. The van der Waals surface area contributed by atoms with Gasteiger partial charge in [0.15, 0.2) is 0 Å². The molecule has 0 aliphatic carbocycles. The first-order chi connectivity index (χ1) is 8.86. The molecule has 4 heteroatoms. The van der Waals surface area contributed by atoms with E-state index in [9.17, 15) is 0 Å². The molecule has 2 rings (SSSR count). The SMILES string of the molecule is CC1SCCCC1NCCCOCC1CCCO1. The first-order valence-electron chi connectivity index (χ1n) is 7.40. The van der Waals surface area contributed by atoms with Crippen LogP contribution in [0, 0.1) is 0 Å². The molecule has 0 saturated carbocycles. The smallest absolute Gasteiger partial charge is 0.0809 e. The summed E-state index contributed by atoms with van der Waals surface area (Å²) in [5, 5.41) is 4.44. The van der Waals surface area contributed by atoms with Gasteiger partial charge < -0.3 is 14.8 Å². The standard InChI is InChI=1S/C14H27NO2S/c1-12-14(6-3-10-18-12)15-7-4-8-16-11-13-5-2-9-17-13/h12-15H,2-11H2,1H3. The minimum Gasteiger partial charge on any atom is -0.379 e. The Morgan fingerprint density at radius 1 is 1.33 bits per heavy atom. The van der Waals surface area contributed by atoms with Crippen LogP contribution in [0.1, 0.15) is 39.0 Å². The molecular formula is C14H27NO2S. The third-order valence-electron chi connectivity index (χ3n) is 3.81. The van der Waals surface area contributed by atoms with Crippen molar-refractivity contribution in [3.8, 4) is 0 Å². The summed E-state index contributed by atoms with van der Waals surface area (Å²) in [4.78, 5) is 0. The highest BCUT2D eigenvalue weighted by Gasteiger charge is 2.20. The number of rotatable bonds is 7. The van der Waals surface area contributed by atoms with E-state index >= 15 is 0 Å². The molecule has 0 radical (unpaired) electrons. The Kier molecular flexibility index (Phi) is 6.84. The fraction of sp³-hybridized carbons (Fsp3) is 1.00. The highest BCUT2D eigenvalue weighted by atomic mass is 32.2. The molecule has 0 amide bonds. The van der Waals surface area contributed by atoms with Crippen LogP contribution in [0.25, 0.3) is 0 Å². The Morgan fingerprint density at radius 2 is 2.28 bits per heavy atom. The molecular weight excluding hydrogens is 246 g/mol. The minimum atomic E-state index is 0.368. The lowest BCUT2D eigenvalue weighted by molar-refractivity contribution is 0.0165. The van der Waals surface area contributed by atoms with E-state index in [1.807, 2.05) is 0 Å². The van der Waals surface area contributed by atoms with Gasteiger partial charge in [0.1, 0.15) is 0 Å². The summed E-state index contributed by atoms with van der Waals surface area (Å²) in [6.07, 6.45) is 6.56. The molecule has 3 nitrogen and oxygen atoms in total. The van der Waals surface area contributed by atoms with Gasteiger partial charge in [-0.3, -0.25) is 0 Å². The summed E-state index contributed by atoms with van der Waals surface area (Å²) < 4.78 is 11.2. The number of ether oxygens (including phenoxy) is 2. The van der Waals surface area contributed by atoms with Crippen LogP contribution in [0.5, 0.6) is 0 Å². The lowest BCUT2D eigenvalue weighted by Gasteiger charge is -2.29. The summed E-state index contributed by atoms with van der Waals surface area (Å²) in [5.41, 5.74) is 0. The lowest BCUT2D eigenvalue weighted by atomic mass is 10.1. The normalized spacial score (nSPS) is 32.8. The van der Waals surface area contributed by atoms with Crippen molar-refractivity contribution in [1.29, 1.82) is 0 Å². The van der Waals surface area contributed by atoms with Crippen molar-refractivity contribution in [2.45, 2.75) is 56.4 Å². The Labute approximate surface area is 115 Å². The molecule has 18 heavy (non-hydrogen) atoms. The maximum absolute atomic E-state index is 5.66. The van der Waals surface area contributed by atoms with Crippen molar-refractivity contribution in [2.75, 3.05) is 32.1 Å². The van der Waals surface area contributed by atoms with Crippen molar-refractivity contribution in [3.05, 3.63) is 0 Å². The fourth-order valence-corrected chi connectivity index (χ4v) is 3.81. The zero-order valence-corrected chi connectivity index (χ0v) is 12.3. The molecule has 3 unspecified atom stereocenters. The molecule has 0 spiro atoms. The first-order valence-corrected chi connectivity index (χ1v) is 8.45. The van der Waals surface area contributed by atoms with Crippen LogP contribution >= 0.6 is 11.8 Å². The van der Waals surface area contributed by atoms with Gasteiger partial charge >= 0.3 is 0 Å². The van der Waals surface area contributed by atoms with E-state index in [-0.39, 0.29) is 0 Å². The van der Waals surface area contributed by atoms with Gasteiger partial charge in [0.25, 0.3) is 0 Å². The van der Waals surface area contributed by atoms with Crippen LogP contribution in [0.4, 0.5) is 0 Å². The molecule has 0 aromatic carbocycles. The Hall–Kier alpha value is 0.230. The van der Waals surface area contributed by atoms with Crippen LogP contribution < -0.4 is 5.32 Å². The molecule has 106 valence electrons. The van der Waals surface area contributed by atoms with Gasteiger partial charge in [-0.05, 0) is 44.4 Å². The number of hydrogen-bond donors (Lipinski definition) is 1. The second kappa shape index (κ2) is 8.41. The van der Waals surface area contributed by atoms with E-state index in [0.717, 1.165) is 38.0 Å². The number of thioether (sulfide) groups is 1. The summed E-state index contributed by atoms with van der Waals surface area (Å²) >= 11 is 2.10. The Balaban J connectivity index is 1.43. The van der Waals surface area contributed by atoms with Gasteiger partial charge in [-0.15, -0.1) is 0 Å². The molecule has 1 N–H and O–H groups in total. The maximum atomic E-state index is 5.66. The van der Waals surface area contributed by atoms with E-state index in [4.69, 9.17) is 9.47 Å². The van der Waals surface area contributed by atoms with E-state index < -0.39 is 0 Å². The van der Waals surface area contributed by atoms with Crippen molar-refractivity contribution in [3.63, 3.8) is 0 Å².